The molecule has 0 unspecified atom stereocenters. The minimum atomic E-state index is -3.22. The highest BCUT2D eigenvalue weighted by Crippen LogP contribution is 2.17. The highest BCUT2D eigenvalue weighted by atomic mass is 32.2. The monoisotopic (exact) mass is 347 g/mol. The molecule has 0 heterocycles. The van der Waals surface area contributed by atoms with Gasteiger partial charge in [0.15, 0.2) is 9.84 Å². The van der Waals surface area contributed by atoms with Crippen LogP contribution in [0.4, 0.5) is 5.69 Å². The predicted octanol–water partition coefficient (Wildman–Crippen LogP) is 3.06. The Labute approximate surface area is 142 Å². The molecule has 0 spiro atoms. The highest BCUT2D eigenvalue weighted by Gasteiger charge is 2.08. The number of amides is 1. The van der Waals surface area contributed by atoms with E-state index < -0.39 is 9.84 Å². The molecule has 0 aromatic heterocycles. The first-order valence-electron chi connectivity index (χ1n) is 7.59. The number of carbonyl (C=O) groups excluding carboxylic acids is 1. The van der Waals surface area contributed by atoms with Crippen molar-refractivity contribution < 1.29 is 17.9 Å². The van der Waals surface area contributed by atoms with Gasteiger partial charge >= 0.3 is 0 Å². The maximum absolute atomic E-state index is 12.1. The van der Waals surface area contributed by atoms with Gasteiger partial charge in [-0.2, -0.15) is 0 Å². The van der Waals surface area contributed by atoms with Crippen molar-refractivity contribution in [3.63, 3.8) is 0 Å². The largest absolute Gasteiger partial charge is 0.491 e. The van der Waals surface area contributed by atoms with Crippen LogP contribution in [-0.2, 0) is 21.1 Å². The molecule has 0 aliphatic carbocycles. The third-order valence-corrected chi connectivity index (χ3v) is 4.35. The molecular weight excluding hydrogens is 326 g/mol. The molecule has 0 aliphatic rings. The maximum atomic E-state index is 12.1. The standard InChI is InChI=1S/C18H21NO4S/c1-13(2)23-16-8-6-15(7-9-16)19-18(20)12-14-4-10-17(11-5-14)24(3,21)22/h4-11,13H,12H2,1-3H3,(H,19,20). The Bertz CT molecular complexity index is 794. The molecule has 1 N–H and O–H groups in total. The van der Waals surface area contributed by atoms with Gasteiger partial charge < -0.3 is 10.1 Å². The van der Waals surface area contributed by atoms with Crippen LogP contribution in [0.1, 0.15) is 19.4 Å². The van der Waals surface area contributed by atoms with Crippen LogP contribution in [0.15, 0.2) is 53.4 Å². The van der Waals surface area contributed by atoms with Crippen molar-refractivity contribution in [2.75, 3.05) is 11.6 Å². The molecule has 6 heteroatoms. The van der Waals surface area contributed by atoms with Gasteiger partial charge in [-0.3, -0.25) is 4.79 Å². The summed E-state index contributed by atoms with van der Waals surface area (Å²) < 4.78 is 28.4. The van der Waals surface area contributed by atoms with Gasteiger partial charge in [-0.25, -0.2) is 8.42 Å². The molecule has 0 aliphatic heterocycles. The van der Waals surface area contributed by atoms with E-state index in [4.69, 9.17) is 4.74 Å². The lowest BCUT2D eigenvalue weighted by atomic mass is 10.1. The zero-order valence-electron chi connectivity index (χ0n) is 13.9. The molecule has 2 aromatic carbocycles. The first-order chi connectivity index (χ1) is 11.2. The smallest absolute Gasteiger partial charge is 0.228 e. The fourth-order valence-corrected chi connectivity index (χ4v) is 2.76. The number of carbonyl (C=O) groups is 1. The Kier molecular flexibility index (Phi) is 5.62. The van der Waals surface area contributed by atoms with Crippen LogP contribution in [0.2, 0.25) is 0 Å². The lowest BCUT2D eigenvalue weighted by Crippen LogP contribution is -2.14. The molecule has 1 amide bonds. The molecule has 0 saturated carbocycles. The first kappa shape index (κ1) is 18.0. The van der Waals surface area contributed by atoms with Gasteiger partial charge in [0.2, 0.25) is 5.91 Å². The molecule has 128 valence electrons. The molecule has 5 nitrogen and oxygen atoms in total. The SMILES string of the molecule is CC(C)Oc1ccc(NC(=O)Cc2ccc(S(C)(=O)=O)cc2)cc1. The summed E-state index contributed by atoms with van der Waals surface area (Å²) in [5.74, 6) is 0.582. The summed E-state index contributed by atoms with van der Waals surface area (Å²) in [6.45, 7) is 3.90. The Morgan fingerprint density at radius 2 is 1.62 bits per heavy atom. The van der Waals surface area contributed by atoms with Crippen LogP contribution >= 0.6 is 0 Å². The minimum Gasteiger partial charge on any atom is -0.491 e. The average Bonchev–Trinajstić information content (AvgIpc) is 2.48. The molecule has 2 rings (SSSR count). The van der Waals surface area contributed by atoms with E-state index >= 15 is 0 Å². The maximum Gasteiger partial charge on any atom is 0.228 e. The Morgan fingerprint density at radius 1 is 1.04 bits per heavy atom. The second kappa shape index (κ2) is 7.49. The van der Waals surface area contributed by atoms with Crippen LogP contribution < -0.4 is 10.1 Å². The molecule has 0 bridgehead atoms. The molecule has 0 atom stereocenters. The average molecular weight is 347 g/mol. The van der Waals surface area contributed by atoms with Crippen LogP contribution in [0.3, 0.4) is 0 Å². The van der Waals surface area contributed by atoms with Gasteiger partial charge in [-0.1, -0.05) is 12.1 Å². The number of hydrogen-bond acceptors (Lipinski definition) is 4. The fraction of sp³-hybridized carbons (Fsp3) is 0.278. The van der Waals surface area contributed by atoms with Crippen molar-refractivity contribution in [1.29, 1.82) is 0 Å². The lowest BCUT2D eigenvalue weighted by molar-refractivity contribution is -0.115. The normalized spacial score (nSPS) is 11.3. The quantitative estimate of drug-likeness (QED) is 0.872. The Hall–Kier alpha value is -2.34. The van der Waals surface area contributed by atoms with E-state index in [1.165, 1.54) is 12.1 Å². The van der Waals surface area contributed by atoms with Gasteiger partial charge in [-0.15, -0.1) is 0 Å². The first-order valence-corrected chi connectivity index (χ1v) is 9.49. The molecule has 2 aromatic rings. The number of nitrogens with one attached hydrogen (secondary N) is 1. The molecule has 0 fully saturated rings. The fourth-order valence-electron chi connectivity index (χ4n) is 2.13. The zero-order chi connectivity index (χ0) is 17.7. The van der Waals surface area contributed by atoms with Crippen LogP contribution in [0.5, 0.6) is 5.75 Å². The van der Waals surface area contributed by atoms with Crippen molar-refractivity contribution in [1.82, 2.24) is 0 Å². The summed E-state index contributed by atoms with van der Waals surface area (Å²) in [4.78, 5) is 12.3. The number of rotatable bonds is 6. The predicted molar refractivity (Wildman–Crippen MR) is 94.1 cm³/mol. The molecule has 0 saturated heterocycles. The van der Waals surface area contributed by atoms with E-state index in [2.05, 4.69) is 5.32 Å². The number of anilines is 1. The lowest BCUT2D eigenvalue weighted by Gasteiger charge is -2.10. The van der Waals surface area contributed by atoms with Crippen molar-refractivity contribution in [2.24, 2.45) is 0 Å². The number of ether oxygens (including phenoxy) is 1. The van der Waals surface area contributed by atoms with Crippen molar-refractivity contribution in [2.45, 2.75) is 31.3 Å². The van der Waals surface area contributed by atoms with E-state index in [0.717, 1.165) is 17.6 Å². The third-order valence-electron chi connectivity index (χ3n) is 3.23. The summed E-state index contributed by atoms with van der Waals surface area (Å²) in [6, 6.07) is 13.5. The van der Waals surface area contributed by atoms with E-state index in [9.17, 15) is 13.2 Å². The molecule has 24 heavy (non-hydrogen) atoms. The highest BCUT2D eigenvalue weighted by molar-refractivity contribution is 7.90. The van der Waals surface area contributed by atoms with Crippen molar-refractivity contribution in [3.8, 4) is 5.75 Å². The van der Waals surface area contributed by atoms with E-state index in [1.54, 1.807) is 36.4 Å². The summed E-state index contributed by atoms with van der Waals surface area (Å²) in [7, 11) is -3.22. The summed E-state index contributed by atoms with van der Waals surface area (Å²) in [5.41, 5.74) is 1.43. The summed E-state index contributed by atoms with van der Waals surface area (Å²) >= 11 is 0. The van der Waals surface area contributed by atoms with Gasteiger partial charge in [0.05, 0.1) is 17.4 Å². The van der Waals surface area contributed by atoms with E-state index in [0.29, 0.717) is 5.69 Å². The molecule has 0 radical (unpaired) electrons. The van der Waals surface area contributed by atoms with Crippen molar-refractivity contribution >= 4 is 21.4 Å². The number of hydrogen-bond donors (Lipinski definition) is 1. The zero-order valence-corrected chi connectivity index (χ0v) is 14.8. The van der Waals surface area contributed by atoms with Crippen molar-refractivity contribution in [3.05, 3.63) is 54.1 Å². The van der Waals surface area contributed by atoms with Gasteiger partial charge in [0.25, 0.3) is 0 Å². The second-order valence-corrected chi connectivity index (χ2v) is 7.85. The Morgan fingerprint density at radius 3 is 2.12 bits per heavy atom. The van der Waals surface area contributed by atoms with Gasteiger partial charge in [0.1, 0.15) is 5.75 Å². The van der Waals surface area contributed by atoms with Gasteiger partial charge in [-0.05, 0) is 55.8 Å². The summed E-state index contributed by atoms with van der Waals surface area (Å²) in [5, 5.41) is 2.80. The molecular formula is C18H21NO4S. The van der Waals surface area contributed by atoms with Crippen LogP contribution in [0, 0.1) is 0 Å². The number of sulfone groups is 1. The van der Waals surface area contributed by atoms with Crippen LogP contribution in [0.25, 0.3) is 0 Å². The topological polar surface area (TPSA) is 72.5 Å². The minimum absolute atomic E-state index is 0.0975. The number of benzene rings is 2. The second-order valence-electron chi connectivity index (χ2n) is 5.83. The van der Waals surface area contributed by atoms with E-state index in [-0.39, 0.29) is 23.3 Å². The van der Waals surface area contributed by atoms with Gasteiger partial charge in [0, 0.05) is 11.9 Å². The third kappa shape index (κ3) is 5.38. The summed E-state index contributed by atoms with van der Waals surface area (Å²) in [6.07, 6.45) is 1.43. The Balaban J connectivity index is 1.95. The van der Waals surface area contributed by atoms with E-state index in [1.807, 2.05) is 13.8 Å². The van der Waals surface area contributed by atoms with Crippen LogP contribution in [-0.4, -0.2) is 26.7 Å².